The maximum Gasteiger partial charge on any atom is 0.224 e. The zero-order valence-electron chi connectivity index (χ0n) is 13.8. The summed E-state index contributed by atoms with van der Waals surface area (Å²) in [4.78, 5) is 16.3. The number of aryl methyl sites for hydroxylation is 1. The lowest BCUT2D eigenvalue weighted by Crippen LogP contribution is -2.36. The van der Waals surface area contributed by atoms with Crippen molar-refractivity contribution in [3.8, 4) is 0 Å². The topological polar surface area (TPSA) is 60.5 Å². The van der Waals surface area contributed by atoms with Crippen LogP contribution in [0.2, 0.25) is 0 Å². The molecule has 1 atom stereocenters. The molecule has 1 saturated heterocycles. The van der Waals surface area contributed by atoms with Gasteiger partial charge in [0.2, 0.25) is 5.91 Å². The fourth-order valence-corrected chi connectivity index (χ4v) is 3.33. The molecule has 2 fully saturated rings. The summed E-state index contributed by atoms with van der Waals surface area (Å²) in [5, 5.41) is 2.95. The Morgan fingerprint density at radius 1 is 1.30 bits per heavy atom. The Labute approximate surface area is 137 Å². The Hall–Kier alpha value is -1.46. The minimum atomic E-state index is -0.382. The van der Waals surface area contributed by atoms with Crippen LogP contribution in [0.1, 0.15) is 49.8 Å². The van der Waals surface area contributed by atoms with Gasteiger partial charge in [0.05, 0.1) is 13.0 Å². The first kappa shape index (κ1) is 16.4. The fraction of sp³-hybridized carbons (Fsp3) is 0.667. The Bertz CT molecular complexity index is 522. The molecule has 1 amide bonds. The van der Waals surface area contributed by atoms with E-state index in [0.717, 1.165) is 24.1 Å². The summed E-state index contributed by atoms with van der Waals surface area (Å²) < 4.78 is 12.1. The number of aromatic nitrogens is 1. The van der Waals surface area contributed by atoms with Crippen LogP contribution in [0.5, 0.6) is 0 Å². The van der Waals surface area contributed by atoms with Crippen LogP contribution < -0.4 is 5.32 Å². The molecule has 0 radical (unpaired) electrons. The number of rotatable bonds is 4. The minimum Gasteiger partial charge on any atom is -0.353 e. The standard InChI is InChI=1S/C18H26N2O3/c1-14-6-7-15(11-19-14)10-17(21)20-12-16-13-22-18(23-16)8-4-2-3-5-9-18/h6-7,11,16H,2-5,8-10,12-13H2,1H3,(H,20,21)/t16-/m1/s1. The summed E-state index contributed by atoms with van der Waals surface area (Å²) in [7, 11) is 0. The molecular formula is C18H26N2O3. The second-order valence-corrected chi connectivity index (χ2v) is 6.66. The van der Waals surface area contributed by atoms with Crippen molar-refractivity contribution in [2.75, 3.05) is 13.2 Å². The van der Waals surface area contributed by atoms with Crippen LogP contribution >= 0.6 is 0 Å². The molecule has 1 saturated carbocycles. The van der Waals surface area contributed by atoms with E-state index in [0.29, 0.717) is 19.6 Å². The molecule has 1 aromatic rings. The average molecular weight is 318 g/mol. The van der Waals surface area contributed by atoms with E-state index in [9.17, 15) is 4.79 Å². The van der Waals surface area contributed by atoms with Crippen molar-refractivity contribution in [3.63, 3.8) is 0 Å². The lowest BCUT2D eigenvalue weighted by molar-refractivity contribution is -0.175. The molecule has 1 aliphatic carbocycles. The van der Waals surface area contributed by atoms with E-state index in [1.54, 1.807) is 6.20 Å². The number of ether oxygens (including phenoxy) is 2. The van der Waals surface area contributed by atoms with Gasteiger partial charge in [-0.3, -0.25) is 9.78 Å². The van der Waals surface area contributed by atoms with Crippen LogP contribution in [0, 0.1) is 6.92 Å². The first-order valence-corrected chi connectivity index (χ1v) is 8.65. The van der Waals surface area contributed by atoms with Crippen LogP contribution in [-0.4, -0.2) is 35.9 Å². The van der Waals surface area contributed by atoms with Crippen LogP contribution in [0.3, 0.4) is 0 Å². The molecule has 1 spiro atoms. The van der Waals surface area contributed by atoms with Gasteiger partial charge in [-0.15, -0.1) is 0 Å². The van der Waals surface area contributed by atoms with E-state index >= 15 is 0 Å². The summed E-state index contributed by atoms with van der Waals surface area (Å²) in [6.45, 7) is 3.02. The van der Waals surface area contributed by atoms with Gasteiger partial charge in [0.25, 0.3) is 0 Å². The zero-order chi connectivity index (χ0) is 16.1. The number of carbonyl (C=O) groups is 1. The summed E-state index contributed by atoms with van der Waals surface area (Å²) >= 11 is 0. The SMILES string of the molecule is Cc1ccc(CC(=O)NC[C@@H]2COC3(CCCCCC3)O2)cn1. The molecule has 1 N–H and O–H groups in total. The van der Waals surface area contributed by atoms with E-state index in [2.05, 4.69) is 10.3 Å². The van der Waals surface area contributed by atoms with Crippen LogP contribution in [0.25, 0.3) is 0 Å². The Balaban J connectivity index is 1.43. The van der Waals surface area contributed by atoms with Gasteiger partial charge >= 0.3 is 0 Å². The van der Waals surface area contributed by atoms with Crippen molar-refractivity contribution in [1.82, 2.24) is 10.3 Å². The predicted molar refractivity (Wildman–Crippen MR) is 86.9 cm³/mol. The number of pyridine rings is 1. The Morgan fingerprint density at radius 3 is 2.78 bits per heavy atom. The van der Waals surface area contributed by atoms with E-state index < -0.39 is 0 Å². The molecule has 0 aromatic carbocycles. The molecular weight excluding hydrogens is 292 g/mol. The largest absolute Gasteiger partial charge is 0.353 e. The van der Waals surface area contributed by atoms with E-state index in [-0.39, 0.29) is 17.8 Å². The van der Waals surface area contributed by atoms with Crippen molar-refractivity contribution in [2.45, 2.75) is 63.8 Å². The Morgan fingerprint density at radius 2 is 2.09 bits per heavy atom. The number of nitrogens with one attached hydrogen (secondary N) is 1. The lowest BCUT2D eigenvalue weighted by Gasteiger charge is -2.26. The molecule has 2 heterocycles. The summed E-state index contributed by atoms with van der Waals surface area (Å²) in [5.41, 5.74) is 1.89. The second kappa shape index (κ2) is 7.41. The molecule has 0 unspecified atom stereocenters. The van der Waals surface area contributed by atoms with Gasteiger partial charge in [0.15, 0.2) is 5.79 Å². The highest BCUT2D eigenvalue weighted by atomic mass is 16.7. The Kier molecular flexibility index (Phi) is 5.28. The van der Waals surface area contributed by atoms with Crippen LogP contribution in [0.4, 0.5) is 0 Å². The van der Waals surface area contributed by atoms with Crippen molar-refractivity contribution < 1.29 is 14.3 Å². The third-order valence-corrected chi connectivity index (χ3v) is 4.64. The predicted octanol–water partition coefficient (Wildman–Crippen LogP) is 2.51. The first-order chi connectivity index (χ1) is 11.2. The third-order valence-electron chi connectivity index (χ3n) is 4.64. The second-order valence-electron chi connectivity index (χ2n) is 6.66. The first-order valence-electron chi connectivity index (χ1n) is 8.65. The summed E-state index contributed by atoms with van der Waals surface area (Å²) in [5.74, 6) is -0.381. The molecule has 5 heteroatoms. The van der Waals surface area contributed by atoms with E-state index in [1.165, 1.54) is 25.7 Å². The van der Waals surface area contributed by atoms with Gasteiger partial charge in [-0.05, 0) is 31.4 Å². The number of amides is 1. The normalized spacial score (nSPS) is 23.6. The van der Waals surface area contributed by atoms with Crippen molar-refractivity contribution >= 4 is 5.91 Å². The van der Waals surface area contributed by atoms with Gasteiger partial charge in [0, 0.05) is 31.3 Å². The molecule has 5 nitrogen and oxygen atoms in total. The monoisotopic (exact) mass is 318 g/mol. The maximum absolute atomic E-state index is 12.0. The third kappa shape index (κ3) is 4.52. The molecule has 1 aromatic heterocycles. The quantitative estimate of drug-likeness (QED) is 0.926. The molecule has 3 rings (SSSR count). The van der Waals surface area contributed by atoms with Gasteiger partial charge in [-0.1, -0.05) is 18.9 Å². The van der Waals surface area contributed by atoms with Crippen molar-refractivity contribution in [1.29, 1.82) is 0 Å². The highest BCUT2D eigenvalue weighted by molar-refractivity contribution is 5.78. The van der Waals surface area contributed by atoms with Gasteiger partial charge in [-0.25, -0.2) is 0 Å². The highest BCUT2D eigenvalue weighted by Gasteiger charge is 2.41. The smallest absolute Gasteiger partial charge is 0.224 e. The number of hydrogen-bond donors (Lipinski definition) is 1. The van der Waals surface area contributed by atoms with Gasteiger partial charge < -0.3 is 14.8 Å². The van der Waals surface area contributed by atoms with Crippen LogP contribution in [-0.2, 0) is 20.7 Å². The van der Waals surface area contributed by atoms with Crippen molar-refractivity contribution in [2.24, 2.45) is 0 Å². The van der Waals surface area contributed by atoms with Crippen molar-refractivity contribution in [3.05, 3.63) is 29.6 Å². The zero-order valence-corrected chi connectivity index (χ0v) is 13.8. The average Bonchev–Trinajstić information content (AvgIpc) is 2.79. The fourth-order valence-electron chi connectivity index (χ4n) is 3.33. The molecule has 2 aliphatic rings. The number of nitrogens with zero attached hydrogens (tertiary/aromatic N) is 1. The molecule has 1 aliphatic heterocycles. The number of carbonyl (C=O) groups excluding carboxylic acids is 1. The number of hydrogen-bond acceptors (Lipinski definition) is 4. The summed E-state index contributed by atoms with van der Waals surface area (Å²) in [6.07, 6.45) is 8.89. The minimum absolute atomic E-state index is 0.000990. The molecule has 126 valence electrons. The van der Waals surface area contributed by atoms with Crippen LogP contribution in [0.15, 0.2) is 18.3 Å². The maximum atomic E-state index is 12.0. The lowest BCUT2D eigenvalue weighted by atomic mass is 10.1. The van der Waals surface area contributed by atoms with Gasteiger partial charge in [-0.2, -0.15) is 0 Å². The van der Waals surface area contributed by atoms with E-state index in [1.807, 2.05) is 19.1 Å². The molecule has 23 heavy (non-hydrogen) atoms. The van der Waals surface area contributed by atoms with E-state index in [4.69, 9.17) is 9.47 Å². The highest BCUT2D eigenvalue weighted by Crippen LogP contribution is 2.36. The summed E-state index contributed by atoms with van der Waals surface area (Å²) in [6, 6.07) is 3.87. The van der Waals surface area contributed by atoms with Gasteiger partial charge in [0.1, 0.15) is 6.10 Å². The molecule has 0 bridgehead atoms.